The van der Waals surface area contributed by atoms with Gasteiger partial charge in [0, 0.05) is 19.3 Å². The van der Waals surface area contributed by atoms with Gasteiger partial charge in [-0.1, -0.05) is 214 Å². The van der Waals surface area contributed by atoms with E-state index in [0.717, 1.165) is 116 Å². The number of hydrogen-bond donors (Lipinski definition) is 0. The van der Waals surface area contributed by atoms with E-state index in [4.69, 9.17) is 14.2 Å². The molecule has 0 radical (unpaired) electrons. The summed E-state index contributed by atoms with van der Waals surface area (Å²) in [7, 11) is 0. The molecule has 66 heavy (non-hydrogen) atoms. The van der Waals surface area contributed by atoms with Gasteiger partial charge in [0.15, 0.2) is 6.10 Å². The van der Waals surface area contributed by atoms with Crippen LogP contribution < -0.4 is 0 Å². The Morgan fingerprint density at radius 2 is 0.636 bits per heavy atom. The lowest BCUT2D eigenvalue weighted by Gasteiger charge is -2.18. The first kappa shape index (κ1) is 62.1. The highest BCUT2D eigenvalue weighted by molar-refractivity contribution is 5.71. The lowest BCUT2D eigenvalue weighted by molar-refractivity contribution is -0.166. The fraction of sp³-hybridized carbons (Fsp3) is 0.650. The molecule has 0 saturated heterocycles. The van der Waals surface area contributed by atoms with Crippen molar-refractivity contribution in [1.29, 1.82) is 0 Å². The lowest BCUT2D eigenvalue weighted by atomic mass is 10.1. The third-order valence-electron chi connectivity index (χ3n) is 11.0. The minimum Gasteiger partial charge on any atom is -0.462 e. The Hall–Kier alpha value is -3.93. The Kier molecular flexibility index (Phi) is 50.5. The third kappa shape index (κ3) is 51.1. The molecule has 1 unspecified atom stereocenters. The molecule has 0 spiro atoms. The van der Waals surface area contributed by atoms with Crippen LogP contribution in [0.1, 0.15) is 233 Å². The van der Waals surface area contributed by atoms with E-state index in [0.29, 0.717) is 19.3 Å². The smallest absolute Gasteiger partial charge is 0.306 e. The fourth-order valence-electron chi connectivity index (χ4n) is 6.95. The number of rotatable bonds is 47. The molecule has 0 bridgehead atoms. The van der Waals surface area contributed by atoms with E-state index in [-0.39, 0.29) is 37.5 Å². The van der Waals surface area contributed by atoms with Crippen molar-refractivity contribution in [3.8, 4) is 0 Å². The van der Waals surface area contributed by atoms with Gasteiger partial charge in [0.05, 0.1) is 0 Å². The molecule has 0 aromatic carbocycles. The molecular formula is C60H98O6. The van der Waals surface area contributed by atoms with Gasteiger partial charge in [-0.3, -0.25) is 14.4 Å². The molecular weight excluding hydrogens is 817 g/mol. The molecule has 0 aliphatic heterocycles. The van der Waals surface area contributed by atoms with Crippen molar-refractivity contribution in [2.45, 2.75) is 239 Å². The maximum Gasteiger partial charge on any atom is 0.306 e. The van der Waals surface area contributed by atoms with Crippen LogP contribution in [0.5, 0.6) is 0 Å². The number of esters is 3. The Morgan fingerprint density at radius 1 is 0.318 bits per heavy atom. The molecule has 374 valence electrons. The quantitative estimate of drug-likeness (QED) is 0.0262. The number of hydrogen-bond acceptors (Lipinski definition) is 6. The zero-order valence-electron chi connectivity index (χ0n) is 42.7. The third-order valence-corrected chi connectivity index (χ3v) is 11.0. The second kappa shape index (κ2) is 53.7. The predicted octanol–water partition coefficient (Wildman–Crippen LogP) is 17.9. The topological polar surface area (TPSA) is 78.9 Å². The van der Waals surface area contributed by atoms with Crippen molar-refractivity contribution < 1.29 is 28.6 Å². The summed E-state index contributed by atoms with van der Waals surface area (Å²) in [6.45, 7) is 6.39. The van der Waals surface area contributed by atoms with E-state index in [1.54, 1.807) is 0 Å². The summed E-state index contributed by atoms with van der Waals surface area (Å²) in [5.74, 6) is -1.03. The summed E-state index contributed by atoms with van der Waals surface area (Å²) in [5.41, 5.74) is 0. The first-order valence-corrected chi connectivity index (χ1v) is 26.9. The molecule has 0 aromatic rings. The van der Waals surface area contributed by atoms with Gasteiger partial charge in [0.1, 0.15) is 13.2 Å². The highest BCUT2D eigenvalue weighted by atomic mass is 16.6. The normalized spacial score (nSPS) is 13.0. The Balaban J connectivity index is 4.54. The van der Waals surface area contributed by atoms with Gasteiger partial charge in [-0.25, -0.2) is 0 Å². The highest BCUT2D eigenvalue weighted by Gasteiger charge is 2.19. The van der Waals surface area contributed by atoms with Gasteiger partial charge in [0.25, 0.3) is 0 Å². The summed E-state index contributed by atoms with van der Waals surface area (Å²) >= 11 is 0. The minimum atomic E-state index is -0.820. The van der Waals surface area contributed by atoms with E-state index < -0.39 is 6.10 Å². The molecule has 6 heteroatoms. The number of carbonyl (C=O) groups excluding carboxylic acids is 3. The molecule has 0 saturated carbocycles. The second-order valence-electron chi connectivity index (χ2n) is 17.4. The number of unbranched alkanes of at least 4 members (excludes halogenated alkanes) is 18. The first-order valence-electron chi connectivity index (χ1n) is 26.9. The van der Waals surface area contributed by atoms with Crippen LogP contribution in [-0.2, 0) is 28.6 Å². The van der Waals surface area contributed by atoms with Gasteiger partial charge in [-0.15, -0.1) is 0 Å². The fourth-order valence-corrected chi connectivity index (χ4v) is 6.95. The summed E-state index contributed by atoms with van der Waals surface area (Å²) in [6, 6.07) is 0. The largest absolute Gasteiger partial charge is 0.462 e. The van der Waals surface area contributed by atoms with Crippen molar-refractivity contribution in [3.05, 3.63) is 109 Å². The number of ether oxygens (including phenoxy) is 3. The lowest BCUT2D eigenvalue weighted by Crippen LogP contribution is -2.30. The molecule has 0 aromatic heterocycles. The number of allylic oxidation sites excluding steroid dienone is 18. The zero-order chi connectivity index (χ0) is 47.9. The van der Waals surface area contributed by atoms with Crippen LogP contribution in [0.15, 0.2) is 109 Å². The average Bonchev–Trinajstić information content (AvgIpc) is 3.31. The van der Waals surface area contributed by atoms with Crippen LogP contribution in [0.3, 0.4) is 0 Å². The maximum atomic E-state index is 12.8. The standard InChI is InChI=1S/C60H98O6/c1-4-7-10-13-16-19-22-25-28-29-30-31-33-35-38-41-44-47-50-53-59(62)65-56-57(55-64-58(61)52-49-46-43-40-37-34-27-24-21-18-15-12-9-6-3)66-60(63)54-51-48-45-42-39-36-32-26-23-20-17-14-11-8-5-2/h7,10,15-16,18-19,24-28,30-32,35,38,44,47,57H,4-6,8-9,11-14,17,20-23,29,33-34,36-37,39-43,45-46,48-56H2,1-3H3/b10-7-,18-15-,19-16-,27-24-,28-25-,31-30-,32-26-,38-35-,47-44-. The van der Waals surface area contributed by atoms with Crippen LogP contribution in [0, 0.1) is 0 Å². The molecule has 0 heterocycles. The zero-order valence-corrected chi connectivity index (χ0v) is 42.7. The highest BCUT2D eigenvalue weighted by Crippen LogP contribution is 2.13. The van der Waals surface area contributed by atoms with Crippen LogP contribution in [0.25, 0.3) is 0 Å². The Morgan fingerprint density at radius 3 is 1.08 bits per heavy atom. The van der Waals surface area contributed by atoms with E-state index in [1.165, 1.54) is 70.6 Å². The van der Waals surface area contributed by atoms with Crippen LogP contribution in [0.2, 0.25) is 0 Å². The predicted molar refractivity (Wildman–Crippen MR) is 283 cm³/mol. The average molecular weight is 915 g/mol. The van der Waals surface area contributed by atoms with Gasteiger partial charge in [0.2, 0.25) is 0 Å². The van der Waals surface area contributed by atoms with Gasteiger partial charge < -0.3 is 14.2 Å². The summed E-state index contributed by atoms with van der Waals surface area (Å²) in [6.07, 6.45) is 72.2. The van der Waals surface area contributed by atoms with Crippen LogP contribution in [-0.4, -0.2) is 37.2 Å². The molecule has 0 aliphatic carbocycles. The van der Waals surface area contributed by atoms with Gasteiger partial charge >= 0.3 is 17.9 Å². The molecule has 0 rings (SSSR count). The summed E-state index contributed by atoms with van der Waals surface area (Å²) < 4.78 is 16.7. The van der Waals surface area contributed by atoms with Crippen molar-refractivity contribution in [2.24, 2.45) is 0 Å². The molecule has 0 amide bonds. The maximum absolute atomic E-state index is 12.8. The van der Waals surface area contributed by atoms with Gasteiger partial charge in [-0.2, -0.15) is 0 Å². The minimum absolute atomic E-state index is 0.114. The van der Waals surface area contributed by atoms with Crippen molar-refractivity contribution in [1.82, 2.24) is 0 Å². The van der Waals surface area contributed by atoms with Crippen LogP contribution in [0.4, 0.5) is 0 Å². The van der Waals surface area contributed by atoms with Crippen molar-refractivity contribution in [3.63, 3.8) is 0 Å². The van der Waals surface area contributed by atoms with Gasteiger partial charge in [-0.05, 0) is 109 Å². The molecule has 0 fully saturated rings. The second-order valence-corrected chi connectivity index (χ2v) is 17.4. The summed E-state index contributed by atoms with van der Waals surface area (Å²) in [5, 5.41) is 0. The van der Waals surface area contributed by atoms with Crippen molar-refractivity contribution in [2.75, 3.05) is 13.2 Å². The Bertz CT molecular complexity index is 1370. The molecule has 0 N–H and O–H groups in total. The van der Waals surface area contributed by atoms with Crippen molar-refractivity contribution >= 4 is 17.9 Å². The first-order chi connectivity index (χ1) is 32.5. The Labute approximate surface area is 406 Å². The SMILES string of the molecule is CC/C=C\C/C=C\C/C=C\C/C=C\C/C=C\C/C=C\CCC(=O)OCC(COC(=O)CCCCCCC/C=C\C/C=C\CCCC)OC(=O)CCCCCCC/C=C\CCCCCCCC. The number of carbonyl (C=O) groups is 3. The monoisotopic (exact) mass is 915 g/mol. The van der Waals surface area contributed by atoms with E-state index in [2.05, 4.69) is 118 Å². The van der Waals surface area contributed by atoms with E-state index >= 15 is 0 Å². The van der Waals surface area contributed by atoms with Crippen LogP contribution >= 0.6 is 0 Å². The summed E-state index contributed by atoms with van der Waals surface area (Å²) in [4.78, 5) is 38.0. The van der Waals surface area contributed by atoms with E-state index in [9.17, 15) is 14.4 Å². The molecule has 6 nitrogen and oxygen atoms in total. The van der Waals surface area contributed by atoms with E-state index in [1.807, 2.05) is 12.2 Å². The molecule has 0 aliphatic rings. The molecule has 1 atom stereocenters.